The summed E-state index contributed by atoms with van der Waals surface area (Å²) in [6.45, 7) is 3.87. The second-order valence-electron chi connectivity index (χ2n) is 5.22. The van der Waals surface area contributed by atoms with Crippen molar-refractivity contribution in [3.8, 4) is 11.4 Å². The molecule has 3 rings (SSSR count). The van der Waals surface area contributed by atoms with E-state index in [0.717, 1.165) is 48.2 Å². The van der Waals surface area contributed by atoms with Crippen LogP contribution in [0.25, 0.3) is 11.4 Å². The molecule has 0 amide bonds. The van der Waals surface area contributed by atoms with E-state index in [1.165, 1.54) is 17.7 Å². The van der Waals surface area contributed by atoms with Gasteiger partial charge in [0.25, 0.3) is 0 Å². The van der Waals surface area contributed by atoms with E-state index in [2.05, 4.69) is 33.2 Å². The Bertz CT molecular complexity index is 673. The van der Waals surface area contributed by atoms with Crippen LogP contribution in [0.3, 0.4) is 0 Å². The summed E-state index contributed by atoms with van der Waals surface area (Å²) < 4.78 is 14.3. The molecule has 0 fully saturated rings. The second-order valence-corrected chi connectivity index (χ2v) is 6.07. The molecule has 1 N–H and O–H groups in total. The number of aryl methyl sites for hydroxylation is 1. The Labute approximate surface area is 132 Å². The first-order chi connectivity index (χ1) is 10.2. The predicted molar refractivity (Wildman–Crippen MR) is 84.5 cm³/mol. The van der Waals surface area contributed by atoms with Crippen LogP contribution in [0.15, 0.2) is 22.7 Å². The molecule has 1 aromatic heterocycles. The van der Waals surface area contributed by atoms with E-state index in [1.54, 1.807) is 6.07 Å². The first-order valence-electron chi connectivity index (χ1n) is 7.24. The number of aromatic nitrogens is 2. The van der Waals surface area contributed by atoms with E-state index in [0.29, 0.717) is 11.4 Å². The molecule has 0 saturated carbocycles. The summed E-state index contributed by atoms with van der Waals surface area (Å²) in [6, 6.07) is 4.61. The lowest BCUT2D eigenvalue weighted by Crippen LogP contribution is -2.26. The Balaban J connectivity index is 2.14. The second kappa shape index (κ2) is 6.20. The molecule has 0 radical (unpaired) electrons. The first kappa shape index (κ1) is 14.6. The fraction of sp³-hybridized carbons (Fsp3) is 0.375. The third-order valence-electron chi connectivity index (χ3n) is 3.68. The van der Waals surface area contributed by atoms with Crippen LogP contribution in [0.1, 0.15) is 30.3 Å². The van der Waals surface area contributed by atoms with Crippen LogP contribution in [-0.4, -0.2) is 16.5 Å². The molecule has 0 atom stereocenters. The highest BCUT2D eigenvalue weighted by molar-refractivity contribution is 9.10. The quantitative estimate of drug-likeness (QED) is 0.918. The lowest BCUT2D eigenvalue weighted by Gasteiger charge is -2.20. The van der Waals surface area contributed by atoms with Gasteiger partial charge in [-0.15, -0.1) is 0 Å². The molecule has 2 aromatic rings. The van der Waals surface area contributed by atoms with E-state index in [9.17, 15) is 4.39 Å². The third kappa shape index (κ3) is 2.99. The minimum absolute atomic E-state index is 0.273. The molecule has 110 valence electrons. The zero-order valence-electron chi connectivity index (χ0n) is 11.9. The van der Waals surface area contributed by atoms with Crippen LogP contribution < -0.4 is 5.32 Å². The summed E-state index contributed by atoms with van der Waals surface area (Å²) in [5, 5.41) is 3.34. The summed E-state index contributed by atoms with van der Waals surface area (Å²) in [5.41, 5.74) is 4.13. The molecule has 2 heterocycles. The van der Waals surface area contributed by atoms with Gasteiger partial charge in [-0.3, -0.25) is 0 Å². The maximum Gasteiger partial charge on any atom is 0.160 e. The number of rotatable bonds is 3. The number of nitrogens with zero attached hydrogens (tertiary/aromatic N) is 2. The first-order valence-corrected chi connectivity index (χ1v) is 8.03. The maximum absolute atomic E-state index is 13.5. The molecule has 0 bridgehead atoms. The normalized spacial score (nSPS) is 14.0. The highest BCUT2D eigenvalue weighted by Gasteiger charge is 2.18. The van der Waals surface area contributed by atoms with Gasteiger partial charge >= 0.3 is 0 Å². The Morgan fingerprint density at radius 3 is 3.00 bits per heavy atom. The SMILES string of the molecule is CCCc1nc(-c2cc(F)ccc2Br)nc2c1CCNC2. The zero-order chi connectivity index (χ0) is 14.8. The van der Waals surface area contributed by atoms with Crippen LogP contribution in [-0.2, 0) is 19.4 Å². The molecule has 5 heteroatoms. The van der Waals surface area contributed by atoms with E-state index in [4.69, 9.17) is 4.98 Å². The number of hydrogen-bond donors (Lipinski definition) is 1. The van der Waals surface area contributed by atoms with Crippen molar-refractivity contribution in [1.29, 1.82) is 0 Å². The van der Waals surface area contributed by atoms with Crippen LogP contribution in [0.5, 0.6) is 0 Å². The number of halogens is 2. The van der Waals surface area contributed by atoms with Gasteiger partial charge in [0.05, 0.1) is 5.69 Å². The molecular formula is C16H17BrFN3. The zero-order valence-corrected chi connectivity index (χ0v) is 13.5. The van der Waals surface area contributed by atoms with Crippen molar-refractivity contribution in [3.05, 3.63) is 45.4 Å². The van der Waals surface area contributed by atoms with E-state index in [1.807, 2.05) is 0 Å². The van der Waals surface area contributed by atoms with Gasteiger partial charge in [0.1, 0.15) is 5.82 Å². The van der Waals surface area contributed by atoms with Gasteiger partial charge in [0.15, 0.2) is 5.82 Å². The average molecular weight is 350 g/mol. The van der Waals surface area contributed by atoms with Gasteiger partial charge < -0.3 is 5.32 Å². The molecule has 1 aliphatic heterocycles. The van der Waals surface area contributed by atoms with Crippen LogP contribution in [0.2, 0.25) is 0 Å². The minimum Gasteiger partial charge on any atom is -0.311 e. The molecule has 0 spiro atoms. The number of hydrogen-bond acceptors (Lipinski definition) is 3. The van der Waals surface area contributed by atoms with Gasteiger partial charge in [-0.05, 0) is 43.1 Å². The molecule has 21 heavy (non-hydrogen) atoms. The van der Waals surface area contributed by atoms with Crippen LogP contribution in [0.4, 0.5) is 4.39 Å². The van der Waals surface area contributed by atoms with Crippen molar-refractivity contribution in [2.75, 3.05) is 6.54 Å². The van der Waals surface area contributed by atoms with Gasteiger partial charge in [-0.25, -0.2) is 14.4 Å². The Morgan fingerprint density at radius 2 is 2.19 bits per heavy atom. The highest BCUT2D eigenvalue weighted by Crippen LogP contribution is 2.29. The lowest BCUT2D eigenvalue weighted by molar-refractivity contribution is 0.613. The average Bonchev–Trinajstić information content (AvgIpc) is 2.50. The summed E-state index contributed by atoms with van der Waals surface area (Å²) in [4.78, 5) is 9.37. The standard InChI is InChI=1S/C16H17BrFN3/c1-2-3-14-11-6-7-19-9-15(11)21-16(20-14)12-8-10(18)4-5-13(12)17/h4-5,8,19H,2-3,6-7,9H2,1H3. The fourth-order valence-electron chi connectivity index (χ4n) is 2.67. The molecular weight excluding hydrogens is 333 g/mol. The summed E-state index contributed by atoms with van der Waals surface area (Å²) in [6.07, 6.45) is 2.95. The molecule has 0 unspecified atom stereocenters. The van der Waals surface area contributed by atoms with Gasteiger partial charge in [0, 0.05) is 22.3 Å². The Hall–Kier alpha value is -1.33. The lowest BCUT2D eigenvalue weighted by atomic mass is 10.0. The number of fused-ring (bicyclic) bond motifs is 1. The smallest absolute Gasteiger partial charge is 0.160 e. The Morgan fingerprint density at radius 1 is 1.33 bits per heavy atom. The summed E-state index contributed by atoms with van der Waals surface area (Å²) in [5.74, 6) is 0.331. The monoisotopic (exact) mass is 349 g/mol. The van der Waals surface area contributed by atoms with Crippen molar-refractivity contribution >= 4 is 15.9 Å². The molecule has 0 aliphatic carbocycles. The number of benzene rings is 1. The maximum atomic E-state index is 13.5. The minimum atomic E-state index is -0.273. The van der Waals surface area contributed by atoms with Gasteiger partial charge in [-0.2, -0.15) is 0 Å². The molecule has 1 aromatic carbocycles. The molecule has 0 saturated heterocycles. The number of nitrogens with one attached hydrogen (secondary N) is 1. The summed E-state index contributed by atoms with van der Waals surface area (Å²) in [7, 11) is 0. The van der Waals surface area contributed by atoms with Gasteiger partial charge in [0.2, 0.25) is 0 Å². The van der Waals surface area contributed by atoms with E-state index < -0.39 is 0 Å². The topological polar surface area (TPSA) is 37.8 Å². The predicted octanol–water partition coefficient (Wildman–Crippen LogP) is 3.64. The van der Waals surface area contributed by atoms with Crippen molar-refractivity contribution in [3.63, 3.8) is 0 Å². The fourth-order valence-corrected chi connectivity index (χ4v) is 3.09. The van der Waals surface area contributed by atoms with Crippen LogP contribution >= 0.6 is 15.9 Å². The van der Waals surface area contributed by atoms with Crippen LogP contribution in [0, 0.1) is 5.82 Å². The van der Waals surface area contributed by atoms with Crippen molar-refractivity contribution in [2.24, 2.45) is 0 Å². The van der Waals surface area contributed by atoms with E-state index >= 15 is 0 Å². The van der Waals surface area contributed by atoms with Crippen molar-refractivity contribution < 1.29 is 4.39 Å². The third-order valence-corrected chi connectivity index (χ3v) is 4.37. The van der Waals surface area contributed by atoms with Crippen molar-refractivity contribution in [2.45, 2.75) is 32.7 Å². The van der Waals surface area contributed by atoms with Gasteiger partial charge in [-0.1, -0.05) is 29.3 Å². The molecule has 3 nitrogen and oxygen atoms in total. The van der Waals surface area contributed by atoms with E-state index in [-0.39, 0.29) is 5.82 Å². The van der Waals surface area contributed by atoms with Crippen molar-refractivity contribution in [1.82, 2.24) is 15.3 Å². The summed E-state index contributed by atoms with van der Waals surface area (Å²) >= 11 is 3.46. The molecule has 1 aliphatic rings. The highest BCUT2D eigenvalue weighted by atomic mass is 79.9. The largest absolute Gasteiger partial charge is 0.311 e. The Kier molecular flexibility index (Phi) is 4.31.